The van der Waals surface area contributed by atoms with Crippen molar-refractivity contribution in [3.63, 3.8) is 0 Å². The van der Waals surface area contributed by atoms with Crippen LogP contribution in [0.25, 0.3) is 0 Å². The number of amides is 1. The van der Waals surface area contributed by atoms with E-state index in [1.54, 1.807) is 0 Å². The number of hydrazone groups is 1. The first-order chi connectivity index (χ1) is 8.47. The van der Waals surface area contributed by atoms with Gasteiger partial charge in [0, 0.05) is 18.4 Å². The summed E-state index contributed by atoms with van der Waals surface area (Å²) < 4.78 is 0.753. The van der Waals surface area contributed by atoms with Gasteiger partial charge in [-0.1, -0.05) is 23.1 Å². The Labute approximate surface area is 118 Å². The van der Waals surface area contributed by atoms with E-state index in [4.69, 9.17) is 5.73 Å². The minimum absolute atomic E-state index is 0.128. The summed E-state index contributed by atoms with van der Waals surface area (Å²) in [6.45, 7) is 3.26. The highest BCUT2D eigenvalue weighted by Gasteiger charge is 2.06. The first-order valence-electron chi connectivity index (χ1n) is 4.80. The Morgan fingerprint density at radius 1 is 1.56 bits per heavy atom. The van der Waals surface area contributed by atoms with Gasteiger partial charge in [0.2, 0.25) is 11.0 Å². The van der Waals surface area contributed by atoms with Crippen LogP contribution in [0.3, 0.4) is 0 Å². The molecule has 0 aliphatic carbocycles. The molecular formula is C8H12N6OS3. The molecule has 10 heteroatoms. The van der Waals surface area contributed by atoms with E-state index in [1.165, 1.54) is 30.0 Å². The molecule has 98 valence electrons. The topological polar surface area (TPSA) is 105 Å². The van der Waals surface area contributed by atoms with Gasteiger partial charge in [0.25, 0.3) is 0 Å². The number of thioether (sulfide) groups is 1. The maximum absolute atomic E-state index is 10.8. The third kappa shape index (κ3) is 5.89. The molecule has 0 atom stereocenters. The SMILES string of the molecule is CC(=O)Nc1nnc(SCC(C)=NNC(N)=S)s1. The highest BCUT2D eigenvalue weighted by Crippen LogP contribution is 2.25. The quantitative estimate of drug-likeness (QED) is 0.243. The van der Waals surface area contributed by atoms with Gasteiger partial charge in [-0.2, -0.15) is 5.10 Å². The zero-order valence-corrected chi connectivity index (χ0v) is 12.2. The molecule has 1 heterocycles. The lowest BCUT2D eigenvalue weighted by Gasteiger charge is -1.99. The molecule has 0 radical (unpaired) electrons. The Morgan fingerprint density at radius 3 is 2.89 bits per heavy atom. The molecular weight excluding hydrogens is 292 g/mol. The number of carbonyl (C=O) groups excluding carboxylic acids is 1. The fraction of sp³-hybridized carbons (Fsp3) is 0.375. The van der Waals surface area contributed by atoms with Gasteiger partial charge in [-0.3, -0.25) is 10.2 Å². The van der Waals surface area contributed by atoms with Crippen LogP contribution in [0.5, 0.6) is 0 Å². The second kappa shape index (κ2) is 7.24. The Balaban J connectivity index is 2.43. The van der Waals surface area contributed by atoms with Crippen LogP contribution in [-0.2, 0) is 4.79 Å². The summed E-state index contributed by atoms with van der Waals surface area (Å²) in [6.07, 6.45) is 0. The van der Waals surface area contributed by atoms with Crippen molar-refractivity contribution in [1.82, 2.24) is 15.6 Å². The van der Waals surface area contributed by atoms with Gasteiger partial charge in [-0.15, -0.1) is 10.2 Å². The third-order valence-electron chi connectivity index (χ3n) is 1.45. The largest absolute Gasteiger partial charge is 0.375 e. The summed E-state index contributed by atoms with van der Waals surface area (Å²) >= 11 is 7.40. The van der Waals surface area contributed by atoms with Crippen molar-refractivity contribution in [2.24, 2.45) is 10.8 Å². The minimum atomic E-state index is -0.166. The molecule has 0 saturated heterocycles. The number of nitrogens with one attached hydrogen (secondary N) is 2. The van der Waals surface area contributed by atoms with Gasteiger partial charge >= 0.3 is 0 Å². The van der Waals surface area contributed by atoms with Crippen LogP contribution in [0.15, 0.2) is 9.44 Å². The predicted molar refractivity (Wildman–Crippen MR) is 78.0 cm³/mol. The number of nitrogens with two attached hydrogens (primary N) is 1. The lowest BCUT2D eigenvalue weighted by Crippen LogP contribution is -2.25. The number of anilines is 1. The summed E-state index contributed by atoms with van der Waals surface area (Å²) in [4.78, 5) is 10.8. The molecule has 0 bridgehead atoms. The monoisotopic (exact) mass is 304 g/mol. The second-order valence-corrected chi connectivity index (χ2v) is 5.81. The van der Waals surface area contributed by atoms with Crippen molar-refractivity contribution in [2.45, 2.75) is 18.2 Å². The summed E-state index contributed by atoms with van der Waals surface area (Å²) in [5.41, 5.74) is 8.57. The van der Waals surface area contributed by atoms with Gasteiger partial charge < -0.3 is 11.1 Å². The average molecular weight is 304 g/mol. The van der Waals surface area contributed by atoms with Crippen molar-refractivity contribution in [3.05, 3.63) is 0 Å². The lowest BCUT2D eigenvalue weighted by atomic mass is 10.5. The van der Waals surface area contributed by atoms with Gasteiger partial charge in [-0.05, 0) is 19.1 Å². The molecule has 0 spiro atoms. The van der Waals surface area contributed by atoms with E-state index in [1.807, 2.05) is 6.92 Å². The van der Waals surface area contributed by atoms with Crippen LogP contribution in [0.4, 0.5) is 5.13 Å². The fourth-order valence-electron chi connectivity index (χ4n) is 0.818. The van der Waals surface area contributed by atoms with Gasteiger partial charge in [0.05, 0.1) is 0 Å². The van der Waals surface area contributed by atoms with E-state index < -0.39 is 0 Å². The number of thiocarbonyl (C=S) groups is 1. The average Bonchev–Trinajstić information content (AvgIpc) is 2.70. The molecule has 0 saturated carbocycles. The molecule has 18 heavy (non-hydrogen) atoms. The maximum Gasteiger partial charge on any atom is 0.223 e. The van der Waals surface area contributed by atoms with E-state index in [2.05, 4.69) is 38.3 Å². The number of hydrogen-bond acceptors (Lipinski definition) is 7. The fourth-order valence-corrected chi connectivity index (χ4v) is 2.53. The normalized spacial score (nSPS) is 11.1. The van der Waals surface area contributed by atoms with Crippen LogP contribution >= 0.6 is 35.3 Å². The Morgan fingerprint density at radius 2 is 2.28 bits per heavy atom. The van der Waals surface area contributed by atoms with E-state index in [0.29, 0.717) is 10.9 Å². The Bertz CT molecular complexity index is 471. The molecule has 0 aromatic carbocycles. The standard InChI is InChI=1S/C8H12N6OS3/c1-4(11-12-6(9)16)3-17-8-14-13-7(18-8)10-5(2)15/h3H2,1-2H3,(H3,9,12,16)(H,10,13,15). The molecule has 0 fully saturated rings. The summed E-state index contributed by atoms with van der Waals surface area (Å²) in [6, 6.07) is 0. The summed E-state index contributed by atoms with van der Waals surface area (Å²) in [7, 11) is 0. The third-order valence-corrected chi connectivity index (χ3v) is 3.67. The van der Waals surface area contributed by atoms with E-state index in [0.717, 1.165) is 10.1 Å². The number of aromatic nitrogens is 2. The highest BCUT2D eigenvalue weighted by molar-refractivity contribution is 8.01. The van der Waals surface area contributed by atoms with Crippen LogP contribution in [0, 0.1) is 0 Å². The first-order valence-corrected chi connectivity index (χ1v) is 7.01. The van der Waals surface area contributed by atoms with Crippen molar-refractivity contribution < 1.29 is 4.79 Å². The number of carbonyl (C=O) groups is 1. The Hall–Kier alpha value is -1.26. The van der Waals surface area contributed by atoms with Gasteiger partial charge in [0.15, 0.2) is 9.45 Å². The number of hydrogen-bond donors (Lipinski definition) is 3. The molecule has 7 nitrogen and oxygen atoms in total. The van der Waals surface area contributed by atoms with Crippen molar-refractivity contribution in [2.75, 3.05) is 11.1 Å². The second-order valence-electron chi connectivity index (χ2n) is 3.17. The van der Waals surface area contributed by atoms with Crippen molar-refractivity contribution in [1.29, 1.82) is 0 Å². The molecule has 0 aliphatic heterocycles. The van der Waals surface area contributed by atoms with Crippen molar-refractivity contribution >= 4 is 57.2 Å². The van der Waals surface area contributed by atoms with Crippen LogP contribution < -0.4 is 16.5 Å². The molecule has 1 aromatic rings. The molecule has 0 aliphatic rings. The minimum Gasteiger partial charge on any atom is -0.375 e. The van der Waals surface area contributed by atoms with Crippen LogP contribution in [0.2, 0.25) is 0 Å². The zero-order chi connectivity index (χ0) is 13.5. The van der Waals surface area contributed by atoms with E-state index in [9.17, 15) is 4.79 Å². The molecule has 0 unspecified atom stereocenters. The smallest absolute Gasteiger partial charge is 0.223 e. The predicted octanol–water partition coefficient (Wildman–Crippen LogP) is 0.798. The molecule has 1 aromatic heterocycles. The lowest BCUT2D eigenvalue weighted by molar-refractivity contribution is -0.114. The van der Waals surface area contributed by atoms with Crippen LogP contribution in [-0.4, -0.2) is 32.7 Å². The van der Waals surface area contributed by atoms with Crippen LogP contribution in [0.1, 0.15) is 13.8 Å². The highest BCUT2D eigenvalue weighted by atomic mass is 32.2. The van der Waals surface area contributed by atoms with E-state index in [-0.39, 0.29) is 11.0 Å². The number of rotatable bonds is 5. The number of nitrogens with zero attached hydrogens (tertiary/aromatic N) is 3. The maximum atomic E-state index is 10.8. The Kier molecular flexibility index (Phi) is 5.95. The van der Waals surface area contributed by atoms with E-state index >= 15 is 0 Å². The van der Waals surface area contributed by atoms with Crippen molar-refractivity contribution in [3.8, 4) is 0 Å². The van der Waals surface area contributed by atoms with Gasteiger partial charge in [-0.25, -0.2) is 0 Å². The molecule has 1 amide bonds. The summed E-state index contributed by atoms with van der Waals surface area (Å²) in [5.74, 6) is 0.464. The molecule has 1 rings (SSSR count). The van der Waals surface area contributed by atoms with Gasteiger partial charge in [0.1, 0.15) is 0 Å². The molecule has 4 N–H and O–H groups in total. The summed E-state index contributed by atoms with van der Waals surface area (Å²) in [5, 5.41) is 14.9. The zero-order valence-electron chi connectivity index (χ0n) is 9.76. The first kappa shape index (κ1) is 14.8.